The Morgan fingerprint density at radius 3 is 2.42 bits per heavy atom. The number of benzene rings is 1. The second kappa shape index (κ2) is 7.39. The minimum Gasteiger partial charge on any atom is -0.468 e. The van der Waals surface area contributed by atoms with E-state index >= 15 is 0 Å². The van der Waals surface area contributed by atoms with E-state index in [0.717, 1.165) is 34.6 Å². The summed E-state index contributed by atoms with van der Waals surface area (Å²) < 4.78 is 18.3. The zero-order valence-corrected chi connectivity index (χ0v) is 20.6. The molecule has 5 atom stereocenters. The van der Waals surface area contributed by atoms with Gasteiger partial charge in [0.05, 0.1) is 13.7 Å². The molecule has 2 aliphatic heterocycles. The summed E-state index contributed by atoms with van der Waals surface area (Å²) in [5.74, 6) is 2.12. The van der Waals surface area contributed by atoms with Gasteiger partial charge in [0.25, 0.3) is 5.95 Å². The van der Waals surface area contributed by atoms with E-state index in [0.29, 0.717) is 24.4 Å². The molecule has 0 radical (unpaired) electrons. The lowest BCUT2D eigenvalue weighted by Crippen LogP contribution is -2.62. The van der Waals surface area contributed by atoms with E-state index in [9.17, 15) is 0 Å². The summed E-state index contributed by atoms with van der Waals surface area (Å²) in [7, 11) is 1.64. The lowest BCUT2D eigenvalue weighted by Gasteiger charge is -2.67. The predicted octanol–water partition coefficient (Wildman–Crippen LogP) is 6.41. The fraction of sp³-hybridized carbons (Fsp3) is 0.448. The molecular weight excluding hydrogens is 410 g/mol. The number of methoxy groups -OCH3 is 1. The van der Waals surface area contributed by atoms with Crippen molar-refractivity contribution in [1.29, 1.82) is 0 Å². The standard InChI is InChI=1S/C29H35NO3/c1-16-12-17(2)25-28(6,13-16)26(21-8-10-22(30)11-9-21)29(25)14-23(32-15-29)24-19(4)18(3)20(5)27(31-7)33-24/h8-13,23,25-26H,3,14-15,30H2,1-2,4-7H3. The summed E-state index contributed by atoms with van der Waals surface area (Å²) >= 11 is 0. The average Bonchev–Trinajstić information content (AvgIpc) is 3.19. The van der Waals surface area contributed by atoms with E-state index in [1.54, 1.807) is 7.11 Å². The molecule has 0 amide bonds. The molecule has 1 spiro atoms. The Labute approximate surface area is 197 Å². The number of ether oxygens (including phenoxy) is 3. The highest BCUT2D eigenvalue weighted by Crippen LogP contribution is 2.75. The smallest absolute Gasteiger partial charge is 0.287 e. The molecule has 2 fully saturated rings. The normalized spacial score (nSPS) is 35.7. The SMILES string of the molecule is C=C1C(C)=C(OC)OC(C2CC3(CO2)C2C(C)=CC(C)=CC2(C)C3c2ccc(N)cc2)=C1C. The fourth-order valence-electron chi connectivity index (χ4n) is 7.54. The largest absolute Gasteiger partial charge is 0.468 e. The van der Waals surface area contributed by atoms with Crippen molar-refractivity contribution in [3.05, 3.63) is 88.1 Å². The molecule has 2 N–H and O–H groups in total. The topological polar surface area (TPSA) is 53.7 Å². The molecule has 2 heterocycles. The molecule has 0 bridgehead atoms. The Morgan fingerprint density at radius 1 is 1.06 bits per heavy atom. The third-order valence-electron chi connectivity index (χ3n) is 8.49. The second-order valence-electron chi connectivity index (χ2n) is 10.6. The van der Waals surface area contributed by atoms with Crippen molar-refractivity contribution in [2.45, 2.75) is 53.1 Å². The maximum Gasteiger partial charge on any atom is 0.287 e. The van der Waals surface area contributed by atoms with Crippen molar-refractivity contribution >= 4 is 5.69 Å². The number of allylic oxidation sites excluding steroid dienone is 7. The molecule has 5 unspecified atom stereocenters. The third kappa shape index (κ3) is 3.00. The summed E-state index contributed by atoms with van der Waals surface area (Å²) in [6.45, 7) is 15.9. The average molecular weight is 446 g/mol. The molecule has 0 aromatic heterocycles. The molecule has 1 saturated carbocycles. The Hall–Kier alpha value is -2.72. The first kappa shape index (κ1) is 22.1. The molecule has 4 nitrogen and oxygen atoms in total. The van der Waals surface area contributed by atoms with Crippen LogP contribution in [-0.2, 0) is 14.2 Å². The van der Waals surface area contributed by atoms with Crippen molar-refractivity contribution in [2.75, 3.05) is 19.5 Å². The van der Waals surface area contributed by atoms with Crippen molar-refractivity contribution in [2.24, 2.45) is 16.7 Å². The second-order valence-corrected chi connectivity index (χ2v) is 10.6. The minimum absolute atomic E-state index is 0.00523. The van der Waals surface area contributed by atoms with Crippen LogP contribution in [0.25, 0.3) is 0 Å². The van der Waals surface area contributed by atoms with Crippen molar-refractivity contribution in [3.8, 4) is 0 Å². The van der Waals surface area contributed by atoms with Crippen LogP contribution in [0.2, 0.25) is 0 Å². The number of hydrogen-bond acceptors (Lipinski definition) is 4. The number of nitrogens with two attached hydrogens (primary N) is 1. The van der Waals surface area contributed by atoms with Gasteiger partial charge in [-0.25, -0.2) is 0 Å². The molecule has 5 rings (SSSR count). The van der Waals surface area contributed by atoms with Crippen LogP contribution >= 0.6 is 0 Å². The van der Waals surface area contributed by atoms with Crippen LogP contribution in [0.4, 0.5) is 5.69 Å². The lowest BCUT2D eigenvalue weighted by molar-refractivity contribution is -0.101. The zero-order chi connectivity index (χ0) is 23.7. The van der Waals surface area contributed by atoms with E-state index in [1.165, 1.54) is 16.7 Å². The summed E-state index contributed by atoms with van der Waals surface area (Å²) in [4.78, 5) is 0. The van der Waals surface area contributed by atoms with E-state index < -0.39 is 0 Å². The van der Waals surface area contributed by atoms with Gasteiger partial charge < -0.3 is 19.9 Å². The first-order valence-electron chi connectivity index (χ1n) is 11.8. The monoisotopic (exact) mass is 445 g/mol. The Bertz CT molecular complexity index is 1150. The Morgan fingerprint density at radius 2 is 1.76 bits per heavy atom. The number of hydrogen-bond donors (Lipinski definition) is 1. The molecule has 1 aromatic carbocycles. The first-order valence-corrected chi connectivity index (χ1v) is 11.8. The van der Waals surface area contributed by atoms with Crippen molar-refractivity contribution in [1.82, 2.24) is 0 Å². The van der Waals surface area contributed by atoms with E-state index in [-0.39, 0.29) is 16.9 Å². The Kier molecular flexibility index (Phi) is 4.95. The molecular formula is C29H35NO3. The summed E-state index contributed by atoms with van der Waals surface area (Å²) in [6, 6.07) is 8.45. The van der Waals surface area contributed by atoms with Gasteiger partial charge >= 0.3 is 0 Å². The van der Waals surface area contributed by atoms with Gasteiger partial charge in [0.2, 0.25) is 0 Å². The van der Waals surface area contributed by atoms with Gasteiger partial charge in [-0.2, -0.15) is 0 Å². The van der Waals surface area contributed by atoms with Gasteiger partial charge in [-0.3, -0.25) is 0 Å². The highest BCUT2D eigenvalue weighted by molar-refractivity contribution is 5.51. The van der Waals surface area contributed by atoms with Crippen molar-refractivity contribution in [3.63, 3.8) is 0 Å². The van der Waals surface area contributed by atoms with Gasteiger partial charge in [0.1, 0.15) is 11.9 Å². The van der Waals surface area contributed by atoms with Crippen LogP contribution < -0.4 is 5.73 Å². The van der Waals surface area contributed by atoms with E-state index in [1.807, 2.05) is 19.1 Å². The van der Waals surface area contributed by atoms with Gasteiger partial charge in [0.15, 0.2) is 0 Å². The van der Waals surface area contributed by atoms with Crippen LogP contribution in [0.1, 0.15) is 52.5 Å². The van der Waals surface area contributed by atoms with E-state index in [2.05, 4.69) is 58.6 Å². The van der Waals surface area contributed by atoms with Crippen molar-refractivity contribution < 1.29 is 14.2 Å². The maximum absolute atomic E-state index is 6.57. The number of nitrogen functional groups attached to an aromatic ring is 1. The zero-order valence-electron chi connectivity index (χ0n) is 20.6. The molecule has 1 saturated heterocycles. The number of anilines is 1. The summed E-state index contributed by atoms with van der Waals surface area (Å²) in [5, 5.41) is 0. The van der Waals surface area contributed by atoms with E-state index in [4.69, 9.17) is 19.9 Å². The molecule has 4 aliphatic rings. The number of rotatable bonds is 3. The minimum atomic E-state index is -0.124. The van der Waals surface area contributed by atoms with Gasteiger partial charge in [-0.15, -0.1) is 0 Å². The van der Waals surface area contributed by atoms with Crippen LogP contribution in [-0.4, -0.2) is 19.8 Å². The highest BCUT2D eigenvalue weighted by Gasteiger charge is 2.71. The van der Waals surface area contributed by atoms with Gasteiger partial charge in [-0.1, -0.05) is 48.9 Å². The molecule has 174 valence electrons. The Balaban J connectivity index is 1.55. The summed E-state index contributed by atoms with van der Waals surface area (Å²) in [6.07, 6.45) is 5.60. The van der Waals surface area contributed by atoms with Gasteiger partial charge in [0, 0.05) is 28.0 Å². The summed E-state index contributed by atoms with van der Waals surface area (Å²) in [5.41, 5.74) is 13.9. The molecule has 1 aromatic rings. The quantitative estimate of drug-likeness (QED) is 0.546. The van der Waals surface area contributed by atoms with Gasteiger partial charge in [-0.05, 0) is 68.9 Å². The lowest BCUT2D eigenvalue weighted by atomic mass is 9.35. The van der Waals surface area contributed by atoms with Crippen LogP contribution in [0, 0.1) is 16.7 Å². The molecule has 4 heteroatoms. The van der Waals surface area contributed by atoms with Crippen LogP contribution in [0.5, 0.6) is 0 Å². The fourth-order valence-corrected chi connectivity index (χ4v) is 7.54. The highest BCUT2D eigenvalue weighted by atomic mass is 16.7. The third-order valence-corrected chi connectivity index (χ3v) is 8.49. The van der Waals surface area contributed by atoms with Crippen LogP contribution in [0.3, 0.4) is 0 Å². The van der Waals surface area contributed by atoms with Crippen LogP contribution in [0.15, 0.2) is 82.6 Å². The number of fused-ring (bicyclic) bond motifs is 2. The molecule has 2 aliphatic carbocycles. The predicted molar refractivity (Wildman–Crippen MR) is 132 cm³/mol. The maximum atomic E-state index is 6.57. The first-order chi connectivity index (χ1) is 15.6. The molecule has 33 heavy (non-hydrogen) atoms.